The fraction of sp³-hybridized carbons (Fsp3) is 1.00. The summed E-state index contributed by atoms with van der Waals surface area (Å²) in [6.45, 7) is 11.9. The van der Waals surface area contributed by atoms with Crippen LogP contribution in [0.5, 0.6) is 0 Å². The van der Waals surface area contributed by atoms with Gasteiger partial charge in [0.2, 0.25) is 0 Å². The van der Waals surface area contributed by atoms with E-state index in [1.54, 1.807) is 0 Å². The molecule has 0 saturated heterocycles. The Kier molecular flexibility index (Phi) is 3.73. The Bertz CT molecular complexity index is 72.6. The summed E-state index contributed by atoms with van der Waals surface area (Å²) in [5.74, 6) is 0. The van der Waals surface area contributed by atoms with Gasteiger partial charge < -0.3 is 0 Å². The predicted molar refractivity (Wildman–Crippen MR) is 49.1 cm³/mol. The molecule has 0 rings (SSSR count). The second kappa shape index (κ2) is 3.56. The smallest absolute Gasteiger partial charge is 0.0311 e. The van der Waals surface area contributed by atoms with Crippen molar-refractivity contribution >= 4 is 7.26 Å². The van der Waals surface area contributed by atoms with Crippen LogP contribution in [0, 0.1) is 0 Å². The molecule has 0 aromatic heterocycles. The molecule has 0 aromatic rings. The van der Waals surface area contributed by atoms with E-state index in [1.165, 1.54) is 12.3 Å². The van der Waals surface area contributed by atoms with Gasteiger partial charge in [-0.2, -0.15) is 0 Å². The van der Waals surface area contributed by atoms with E-state index in [1.807, 2.05) is 0 Å². The van der Waals surface area contributed by atoms with Crippen molar-refractivity contribution < 1.29 is 0 Å². The van der Waals surface area contributed by atoms with Gasteiger partial charge in [0.05, 0.1) is 18.0 Å². The first-order valence-electron chi connectivity index (χ1n) is 3.91. The summed E-state index contributed by atoms with van der Waals surface area (Å²) >= 11 is 0. The highest BCUT2D eigenvalue weighted by Crippen LogP contribution is 2.58. The minimum atomic E-state index is -0.503. The molecule has 0 aliphatic heterocycles. The zero-order chi connectivity index (χ0) is 7.49. The van der Waals surface area contributed by atoms with Crippen molar-refractivity contribution in [1.29, 1.82) is 0 Å². The Morgan fingerprint density at radius 1 is 1.11 bits per heavy atom. The molecule has 0 amide bonds. The van der Waals surface area contributed by atoms with Gasteiger partial charge in [0.25, 0.3) is 0 Å². The minimum absolute atomic E-state index is 0.503. The van der Waals surface area contributed by atoms with Gasteiger partial charge in [0, 0.05) is 13.9 Å². The highest BCUT2D eigenvalue weighted by atomic mass is 31.2. The summed E-state index contributed by atoms with van der Waals surface area (Å²) in [6.07, 6.45) is 2.84. The summed E-state index contributed by atoms with van der Waals surface area (Å²) in [5.41, 5.74) is 0.937. The van der Waals surface area contributed by atoms with Gasteiger partial charge in [-0.05, 0) is 27.7 Å². The first-order chi connectivity index (χ1) is 4.06. The first-order valence-corrected chi connectivity index (χ1v) is 6.58. The molecule has 0 atom stereocenters. The van der Waals surface area contributed by atoms with Crippen molar-refractivity contribution in [2.24, 2.45) is 0 Å². The Morgan fingerprint density at radius 3 is 1.44 bits per heavy atom. The molecule has 0 aliphatic rings. The fourth-order valence-electron chi connectivity index (χ4n) is 0.954. The van der Waals surface area contributed by atoms with Crippen molar-refractivity contribution in [2.45, 2.75) is 33.4 Å². The summed E-state index contributed by atoms with van der Waals surface area (Å²) < 4.78 is 0. The van der Waals surface area contributed by atoms with Crippen LogP contribution in [0.4, 0.5) is 0 Å². The van der Waals surface area contributed by atoms with Crippen LogP contribution in [-0.2, 0) is 0 Å². The topological polar surface area (TPSA) is 0 Å². The molecule has 1 heteroatoms. The molecule has 0 bridgehead atoms. The van der Waals surface area contributed by atoms with Crippen LogP contribution in [0.3, 0.4) is 0 Å². The van der Waals surface area contributed by atoms with Gasteiger partial charge in [-0.15, -0.1) is 0 Å². The van der Waals surface area contributed by atoms with E-state index in [-0.39, 0.29) is 0 Å². The van der Waals surface area contributed by atoms with Crippen molar-refractivity contribution in [3.8, 4) is 0 Å². The summed E-state index contributed by atoms with van der Waals surface area (Å²) in [5, 5.41) is 0. The number of hydrogen-bond donors (Lipinski definition) is 0. The predicted octanol–water partition coefficient (Wildman–Crippen LogP) is 3.08. The molecule has 0 saturated carbocycles. The molecule has 9 heavy (non-hydrogen) atoms. The second-order valence-electron chi connectivity index (χ2n) is 3.21. The minimum Gasteiger partial charge on any atom is -0.0311 e. The third-order valence-electron chi connectivity index (χ3n) is 2.69. The Hall–Kier alpha value is 0.430. The van der Waals surface area contributed by atoms with Crippen molar-refractivity contribution in [2.75, 3.05) is 19.0 Å². The third-order valence-corrected chi connectivity index (χ3v) is 8.07. The SMILES string of the molecule is CC[P+](C)(CC)C(C)C. The summed E-state index contributed by atoms with van der Waals surface area (Å²) in [7, 11) is -0.503. The van der Waals surface area contributed by atoms with Crippen LogP contribution in [-0.4, -0.2) is 24.6 Å². The lowest BCUT2D eigenvalue weighted by Crippen LogP contribution is -2.08. The average Bonchev–Trinajstić information content (AvgIpc) is 1.86. The van der Waals surface area contributed by atoms with Crippen LogP contribution in [0.15, 0.2) is 0 Å². The van der Waals surface area contributed by atoms with E-state index in [2.05, 4.69) is 34.4 Å². The van der Waals surface area contributed by atoms with E-state index in [0.29, 0.717) is 0 Å². The normalized spacial score (nSPS) is 12.7. The van der Waals surface area contributed by atoms with Gasteiger partial charge in [-0.25, -0.2) is 0 Å². The molecule has 0 unspecified atom stereocenters. The maximum Gasteiger partial charge on any atom is 0.0638 e. The van der Waals surface area contributed by atoms with Crippen molar-refractivity contribution in [1.82, 2.24) is 0 Å². The van der Waals surface area contributed by atoms with Crippen LogP contribution < -0.4 is 0 Å². The van der Waals surface area contributed by atoms with Crippen LogP contribution in [0.25, 0.3) is 0 Å². The molecule has 0 N–H and O–H groups in total. The maximum atomic E-state index is 2.48. The van der Waals surface area contributed by atoms with Gasteiger partial charge in [0.1, 0.15) is 0 Å². The highest BCUT2D eigenvalue weighted by molar-refractivity contribution is 7.75. The molecule has 0 aromatic carbocycles. The quantitative estimate of drug-likeness (QED) is 0.538. The zero-order valence-electron chi connectivity index (χ0n) is 7.44. The third kappa shape index (κ3) is 2.26. The molecule has 0 radical (unpaired) electrons. The van der Waals surface area contributed by atoms with Crippen molar-refractivity contribution in [3.05, 3.63) is 0 Å². The summed E-state index contributed by atoms with van der Waals surface area (Å²) in [4.78, 5) is 0. The molecule has 0 fully saturated rings. The van der Waals surface area contributed by atoms with Gasteiger partial charge >= 0.3 is 0 Å². The lowest BCUT2D eigenvalue weighted by Gasteiger charge is -2.23. The molecular weight excluding hydrogens is 127 g/mol. The highest BCUT2D eigenvalue weighted by Gasteiger charge is 2.30. The van der Waals surface area contributed by atoms with E-state index in [9.17, 15) is 0 Å². The summed E-state index contributed by atoms with van der Waals surface area (Å²) in [6, 6.07) is 0. The van der Waals surface area contributed by atoms with Gasteiger partial charge in [0.15, 0.2) is 0 Å². The molecule has 56 valence electrons. The van der Waals surface area contributed by atoms with Crippen LogP contribution in [0.1, 0.15) is 27.7 Å². The molecule has 0 spiro atoms. The molecule has 0 nitrogen and oxygen atoms in total. The Morgan fingerprint density at radius 2 is 1.44 bits per heavy atom. The van der Waals surface area contributed by atoms with E-state index in [0.717, 1.165) is 5.66 Å². The number of hydrogen-bond acceptors (Lipinski definition) is 0. The van der Waals surface area contributed by atoms with Crippen LogP contribution >= 0.6 is 7.26 Å². The van der Waals surface area contributed by atoms with Gasteiger partial charge in [-0.3, -0.25) is 0 Å². The lowest BCUT2D eigenvalue weighted by atomic mass is 10.6. The first kappa shape index (κ1) is 9.43. The van der Waals surface area contributed by atoms with Gasteiger partial charge in [-0.1, -0.05) is 0 Å². The lowest BCUT2D eigenvalue weighted by molar-refractivity contribution is 1.05. The fourth-order valence-corrected chi connectivity index (χ4v) is 2.86. The monoisotopic (exact) mass is 147 g/mol. The van der Waals surface area contributed by atoms with Crippen molar-refractivity contribution in [3.63, 3.8) is 0 Å². The Labute approximate surface area is 60.4 Å². The molecule has 0 heterocycles. The standard InChI is InChI=1S/C8H20P/c1-6-9(5,7-2)8(3)4/h8H,6-7H2,1-5H3/q+1. The Balaban J connectivity index is 3.92. The maximum absolute atomic E-state index is 2.48. The zero-order valence-corrected chi connectivity index (χ0v) is 8.33. The van der Waals surface area contributed by atoms with E-state index in [4.69, 9.17) is 0 Å². The average molecular weight is 147 g/mol. The molecular formula is C8H20P+. The van der Waals surface area contributed by atoms with E-state index >= 15 is 0 Å². The molecule has 0 aliphatic carbocycles. The van der Waals surface area contributed by atoms with E-state index < -0.39 is 7.26 Å². The number of rotatable bonds is 3. The van der Waals surface area contributed by atoms with Crippen LogP contribution in [0.2, 0.25) is 0 Å². The second-order valence-corrected chi connectivity index (χ2v) is 8.46. The largest absolute Gasteiger partial charge is 0.0638 e.